The molecule has 0 radical (unpaired) electrons. The third-order valence-corrected chi connectivity index (χ3v) is 3.94. The standard InChI is InChI=1S/C15H23FN2/c1-12(14-5-7-15(16)8-6-14)18-9-3-4-13(11-18)10-17-2/h5-8,12-13,17H,3-4,9-11H2,1-2H3. The molecule has 2 rings (SSSR count). The first-order chi connectivity index (χ1) is 8.70. The molecule has 2 nitrogen and oxygen atoms in total. The number of rotatable bonds is 4. The highest BCUT2D eigenvalue weighted by Crippen LogP contribution is 2.26. The molecule has 100 valence electrons. The predicted octanol–water partition coefficient (Wildman–Crippen LogP) is 2.82. The van der Waals surface area contributed by atoms with Gasteiger partial charge in [-0.05, 0) is 63.5 Å². The largest absolute Gasteiger partial charge is 0.319 e. The van der Waals surface area contributed by atoms with Crippen LogP contribution in [0.2, 0.25) is 0 Å². The summed E-state index contributed by atoms with van der Waals surface area (Å²) in [5.41, 5.74) is 1.21. The van der Waals surface area contributed by atoms with Gasteiger partial charge in [0.05, 0.1) is 0 Å². The number of likely N-dealkylation sites (tertiary alicyclic amines) is 1. The van der Waals surface area contributed by atoms with E-state index in [4.69, 9.17) is 0 Å². The molecule has 3 heteroatoms. The SMILES string of the molecule is CNCC1CCCN(C(C)c2ccc(F)cc2)C1. The molecule has 1 aromatic rings. The van der Waals surface area contributed by atoms with Crippen molar-refractivity contribution in [3.63, 3.8) is 0 Å². The van der Waals surface area contributed by atoms with Crippen molar-refractivity contribution in [2.24, 2.45) is 5.92 Å². The molecule has 0 amide bonds. The number of hydrogen-bond acceptors (Lipinski definition) is 2. The highest BCUT2D eigenvalue weighted by molar-refractivity contribution is 5.19. The van der Waals surface area contributed by atoms with Gasteiger partial charge in [0.15, 0.2) is 0 Å². The van der Waals surface area contributed by atoms with Crippen LogP contribution < -0.4 is 5.32 Å². The maximum Gasteiger partial charge on any atom is 0.123 e. The van der Waals surface area contributed by atoms with Crippen LogP contribution in [0, 0.1) is 11.7 Å². The summed E-state index contributed by atoms with van der Waals surface area (Å²) in [5.74, 6) is 0.587. The molecule has 1 fully saturated rings. The molecule has 18 heavy (non-hydrogen) atoms. The van der Waals surface area contributed by atoms with Gasteiger partial charge in [-0.3, -0.25) is 4.90 Å². The minimum Gasteiger partial charge on any atom is -0.319 e. The second-order valence-electron chi connectivity index (χ2n) is 5.29. The van der Waals surface area contributed by atoms with E-state index in [9.17, 15) is 4.39 Å². The first kappa shape index (κ1) is 13.5. The van der Waals surface area contributed by atoms with Gasteiger partial charge < -0.3 is 5.32 Å². The number of nitrogens with one attached hydrogen (secondary N) is 1. The molecule has 1 N–H and O–H groups in total. The Morgan fingerprint density at radius 1 is 1.39 bits per heavy atom. The Kier molecular flexibility index (Phi) is 4.72. The van der Waals surface area contributed by atoms with Crippen molar-refractivity contribution in [2.75, 3.05) is 26.7 Å². The van der Waals surface area contributed by atoms with E-state index in [2.05, 4.69) is 17.1 Å². The zero-order valence-electron chi connectivity index (χ0n) is 11.3. The molecule has 0 aliphatic carbocycles. The van der Waals surface area contributed by atoms with Crippen LogP contribution in [0.25, 0.3) is 0 Å². The van der Waals surface area contributed by atoms with Gasteiger partial charge in [0.25, 0.3) is 0 Å². The molecule has 0 saturated carbocycles. The van der Waals surface area contributed by atoms with Crippen molar-refractivity contribution < 1.29 is 4.39 Å². The van der Waals surface area contributed by atoms with Crippen molar-refractivity contribution in [2.45, 2.75) is 25.8 Å². The third kappa shape index (κ3) is 3.30. The number of hydrogen-bond donors (Lipinski definition) is 1. The van der Waals surface area contributed by atoms with Crippen molar-refractivity contribution in [3.8, 4) is 0 Å². The molecule has 1 saturated heterocycles. The summed E-state index contributed by atoms with van der Waals surface area (Å²) in [6.45, 7) is 5.60. The molecule has 2 unspecified atom stereocenters. The van der Waals surface area contributed by atoms with Crippen LogP contribution in [0.4, 0.5) is 4.39 Å². The van der Waals surface area contributed by atoms with Gasteiger partial charge in [-0.1, -0.05) is 12.1 Å². The van der Waals surface area contributed by atoms with Gasteiger partial charge in [0, 0.05) is 12.6 Å². The third-order valence-electron chi connectivity index (χ3n) is 3.94. The van der Waals surface area contributed by atoms with Gasteiger partial charge in [-0.25, -0.2) is 4.39 Å². The van der Waals surface area contributed by atoms with Crippen LogP contribution in [-0.4, -0.2) is 31.6 Å². The van der Waals surface area contributed by atoms with Gasteiger partial charge in [0.1, 0.15) is 5.82 Å². The Morgan fingerprint density at radius 3 is 2.78 bits per heavy atom. The van der Waals surface area contributed by atoms with Crippen LogP contribution in [0.5, 0.6) is 0 Å². The molecule has 1 aliphatic rings. The van der Waals surface area contributed by atoms with Gasteiger partial charge in [-0.2, -0.15) is 0 Å². The molecule has 2 atom stereocenters. The molecule has 0 bridgehead atoms. The highest BCUT2D eigenvalue weighted by Gasteiger charge is 2.23. The molecule has 0 spiro atoms. The Morgan fingerprint density at radius 2 is 2.11 bits per heavy atom. The number of benzene rings is 1. The summed E-state index contributed by atoms with van der Waals surface area (Å²) in [6, 6.07) is 7.30. The van der Waals surface area contributed by atoms with Crippen LogP contribution in [-0.2, 0) is 0 Å². The minimum atomic E-state index is -0.155. The van der Waals surface area contributed by atoms with Crippen molar-refractivity contribution in [3.05, 3.63) is 35.6 Å². The lowest BCUT2D eigenvalue weighted by Gasteiger charge is -2.37. The smallest absolute Gasteiger partial charge is 0.123 e. The quantitative estimate of drug-likeness (QED) is 0.884. The van der Waals surface area contributed by atoms with E-state index >= 15 is 0 Å². The minimum absolute atomic E-state index is 0.155. The molecular formula is C15H23FN2. The lowest BCUT2D eigenvalue weighted by Crippen LogP contribution is -2.40. The van der Waals surface area contributed by atoms with E-state index in [-0.39, 0.29) is 5.82 Å². The Labute approximate surface area is 109 Å². The summed E-state index contributed by atoms with van der Waals surface area (Å²) in [7, 11) is 2.02. The summed E-state index contributed by atoms with van der Waals surface area (Å²) in [5, 5.41) is 3.27. The lowest BCUT2D eigenvalue weighted by atomic mass is 9.95. The van der Waals surface area contributed by atoms with Crippen LogP contribution in [0.1, 0.15) is 31.4 Å². The fourth-order valence-corrected chi connectivity index (χ4v) is 2.86. The first-order valence-corrected chi connectivity index (χ1v) is 6.85. The average molecular weight is 250 g/mol. The Bertz CT molecular complexity index is 361. The van der Waals surface area contributed by atoms with Crippen LogP contribution >= 0.6 is 0 Å². The molecule has 1 heterocycles. The van der Waals surface area contributed by atoms with Gasteiger partial charge in [0.2, 0.25) is 0 Å². The summed E-state index contributed by atoms with van der Waals surface area (Å²) >= 11 is 0. The number of nitrogens with zero attached hydrogens (tertiary/aromatic N) is 1. The topological polar surface area (TPSA) is 15.3 Å². The molecular weight excluding hydrogens is 227 g/mol. The van der Waals surface area contributed by atoms with E-state index in [1.54, 1.807) is 12.1 Å². The lowest BCUT2D eigenvalue weighted by molar-refractivity contribution is 0.131. The highest BCUT2D eigenvalue weighted by atomic mass is 19.1. The zero-order valence-corrected chi connectivity index (χ0v) is 11.3. The van der Waals surface area contributed by atoms with Crippen molar-refractivity contribution in [1.29, 1.82) is 0 Å². The van der Waals surface area contributed by atoms with Gasteiger partial charge >= 0.3 is 0 Å². The number of piperidine rings is 1. The van der Waals surface area contributed by atoms with E-state index in [0.717, 1.165) is 25.6 Å². The van der Waals surface area contributed by atoms with E-state index < -0.39 is 0 Å². The van der Waals surface area contributed by atoms with E-state index in [1.165, 1.54) is 18.4 Å². The Hall–Kier alpha value is -0.930. The average Bonchev–Trinajstić information content (AvgIpc) is 2.39. The molecule has 1 aliphatic heterocycles. The monoisotopic (exact) mass is 250 g/mol. The summed E-state index contributed by atoms with van der Waals surface area (Å²) in [4.78, 5) is 2.51. The molecule has 1 aromatic carbocycles. The zero-order chi connectivity index (χ0) is 13.0. The summed E-state index contributed by atoms with van der Waals surface area (Å²) in [6.07, 6.45) is 2.57. The molecule has 0 aromatic heterocycles. The number of halogens is 1. The normalized spacial score (nSPS) is 22.9. The summed E-state index contributed by atoms with van der Waals surface area (Å²) < 4.78 is 12.9. The Balaban J connectivity index is 1.99. The second kappa shape index (κ2) is 6.30. The van der Waals surface area contributed by atoms with E-state index in [1.807, 2.05) is 19.2 Å². The predicted molar refractivity (Wildman–Crippen MR) is 73.0 cm³/mol. The first-order valence-electron chi connectivity index (χ1n) is 6.85. The fourth-order valence-electron chi connectivity index (χ4n) is 2.86. The van der Waals surface area contributed by atoms with Gasteiger partial charge in [-0.15, -0.1) is 0 Å². The van der Waals surface area contributed by atoms with Crippen molar-refractivity contribution in [1.82, 2.24) is 10.2 Å². The second-order valence-corrected chi connectivity index (χ2v) is 5.29. The maximum atomic E-state index is 12.9. The van der Waals surface area contributed by atoms with E-state index in [0.29, 0.717) is 6.04 Å². The maximum absolute atomic E-state index is 12.9. The van der Waals surface area contributed by atoms with Crippen LogP contribution in [0.15, 0.2) is 24.3 Å². The fraction of sp³-hybridized carbons (Fsp3) is 0.600. The van der Waals surface area contributed by atoms with Crippen molar-refractivity contribution >= 4 is 0 Å². The van der Waals surface area contributed by atoms with Crippen LogP contribution in [0.3, 0.4) is 0 Å².